The summed E-state index contributed by atoms with van der Waals surface area (Å²) < 4.78 is 34.0. The Kier molecular flexibility index (Phi) is 5.59. The molecule has 0 spiro atoms. The van der Waals surface area contributed by atoms with Crippen molar-refractivity contribution >= 4 is 33.0 Å². The molecule has 8 heteroatoms. The zero-order chi connectivity index (χ0) is 18.8. The minimum absolute atomic E-state index is 0.0767. The predicted octanol–water partition coefficient (Wildman–Crippen LogP) is 3.04. The van der Waals surface area contributed by atoms with Crippen LogP contribution in [0.5, 0.6) is 11.5 Å². The Morgan fingerprint density at radius 3 is 2.24 bits per heavy atom. The van der Waals surface area contributed by atoms with Gasteiger partial charge in [0, 0.05) is 30.6 Å². The van der Waals surface area contributed by atoms with Crippen molar-refractivity contribution in [2.24, 2.45) is 0 Å². The van der Waals surface area contributed by atoms with Crippen molar-refractivity contribution in [3.63, 3.8) is 0 Å². The maximum absolute atomic E-state index is 12.7. The molecule has 0 saturated carbocycles. The Balaban J connectivity index is 2.41. The molecule has 6 nitrogen and oxygen atoms in total. The number of anilines is 1. The molecule has 0 heterocycles. The zero-order valence-corrected chi connectivity index (χ0v) is 15.8. The van der Waals surface area contributed by atoms with Crippen LogP contribution in [0, 0.1) is 0 Å². The number of hydrogen-bond acceptors (Lipinski definition) is 5. The van der Waals surface area contributed by atoms with Crippen LogP contribution in [0.1, 0.15) is 10.4 Å². The van der Waals surface area contributed by atoms with Gasteiger partial charge in [-0.05, 0) is 30.3 Å². The van der Waals surface area contributed by atoms with E-state index in [9.17, 15) is 13.2 Å². The van der Waals surface area contributed by atoms with E-state index < -0.39 is 9.84 Å². The quantitative estimate of drug-likeness (QED) is 0.793. The third-order valence-electron chi connectivity index (χ3n) is 3.64. The van der Waals surface area contributed by atoms with E-state index in [-0.39, 0.29) is 21.4 Å². The fourth-order valence-electron chi connectivity index (χ4n) is 2.26. The van der Waals surface area contributed by atoms with Crippen LogP contribution in [-0.4, -0.2) is 41.8 Å². The Hall–Kier alpha value is -2.25. The molecule has 0 saturated heterocycles. The van der Waals surface area contributed by atoms with Crippen molar-refractivity contribution in [1.29, 1.82) is 0 Å². The number of ether oxygens (including phenoxy) is 2. The Morgan fingerprint density at radius 2 is 1.68 bits per heavy atom. The summed E-state index contributed by atoms with van der Waals surface area (Å²) in [6.07, 6.45) is 1.04. The fraction of sp³-hybridized carbons (Fsp3) is 0.235. The number of rotatable bonds is 5. The van der Waals surface area contributed by atoms with Crippen molar-refractivity contribution in [1.82, 2.24) is 0 Å². The van der Waals surface area contributed by atoms with Crippen molar-refractivity contribution in [3.8, 4) is 11.5 Å². The number of halogens is 1. The average Bonchev–Trinajstić information content (AvgIpc) is 2.59. The second-order valence-electron chi connectivity index (χ2n) is 5.32. The molecule has 25 heavy (non-hydrogen) atoms. The van der Waals surface area contributed by atoms with Gasteiger partial charge in [0.15, 0.2) is 21.3 Å². The van der Waals surface area contributed by atoms with E-state index in [1.54, 1.807) is 25.2 Å². The maximum atomic E-state index is 12.7. The standard InChI is InChI=1S/C17H18ClNO5S/c1-19(12-6-8-14(23-2)15(10-12)24-3)17(20)11-5-7-13(18)16(9-11)25(4,21)22/h5-10H,1-4H3. The first-order valence-electron chi connectivity index (χ1n) is 7.18. The molecule has 2 aromatic rings. The number of amides is 1. The van der Waals surface area contributed by atoms with Gasteiger partial charge in [0.2, 0.25) is 0 Å². The lowest BCUT2D eigenvalue weighted by atomic mass is 10.2. The van der Waals surface area contributed by atoms with E-state index >= 15 is 0 Å². The molecule has 0 fully saturated rings. The van der Waals surface area contributed by atoms with Crippen LogP contribution in [0.25, 0.3) is 0 Å². The van der Waals surface area contributed by atoms with Gasteiger partial charge < -0.3 is 14.4 Å². The second-order valence-corrected chi connectivity index (χ2v) is 7.71. The molecule has 2 aromatic carbocycles. The fourth-order valence-corrected chi connectivity index (χ4v) is 3.57. The SMILES string of the molecule is COc1ccc(N(C)C(=O)c2ccc(Cl)c(S(C)(=O)=O)c2)cc1OC. The number of carbonyl (C=O) groups is 1. The van der Waals surface area contributed by atoms with Crippen molar-refractivity contribution in [2.45, 2.75) is 4.90 Å². The molecule has 0 aliphatic heterocycles. The topological polar surface area (TPSA) is 72.9 Å². The molecule has 0 aliphatic carbocycles. The Bertz CT molecular complexity index is 911. The molecule has 0 bridgehead atoms. The first kappa shape index (κ1) is 19.1. The van der Waals surface area contributed by atoms with E-state index in [0.29, 0.717) is 17.2 Å². The minimum Gasteiger partial charge on any atom is -0.493 e. The molecule has 0 atom stereocenters. The minimum atomic E-state index is -3.54. The van der Waals surface area contributed by atoms with Crippen LogP contribution in [0.2, 0.25) is 5.02 Å². The van der Waals surface area contributed by atoms with Gasteiger partial charge in [-0.15, -0.1) is 0 Å². The van der Waals surface area contributed by atoms with E-state index in [1.807, 2.05) is 0 Å². The summed E-state index contributed by atoms with van der Waals surface area (Å²) in [5, 5.41) is 0.0767. The van der Waals surface area contributed by atoms with Gasteiger partial charge in [-0.25, -0.2) is 8.42 Å². The molecule has 0 radical (unpaired) electrons. The molecule has 0 aliphatic rings. The number of carbonyl (C=O) groups excluding carboxylic acids is 1. The third kappa shape index (κ3) is 4.05. The molecule has 0 aromatic heterocycles. The lowest BCUT2D eigenvalue weighted by Gasteiger charge is -2.19. The summed E-state index contributed by atoms with van der Waals surface area (Å²) in [6.45, 7) is 0. The van der Waals surface area contributed by atoms with Crippen LogP contribution in [-0.2, 0) is 9.84 Å². The van der Waals surface area contributed by atoms with Crippen LogP contribution in [0.15, 0.2) is 41.3 Å². The lowest BCUT2D eigenvalue weighted by molar-refractivity contribution is 0.0993. The molecular formula is C17H18ClNO5S. The van der Waals surface area contributed by atoms with Crippen LogP contribution in [0.3, 0.4) is 0 Å². The summed E-state index contributed by atoms with van der Waals surface area (Å²) in [6, 6.07) is 9.19. The number of hydrogen-bond donors (Lipinski definition) is 0. The molecule has 0 unspecified atom stereocenters. The summed E-state index contributed by atoms with van der Waals surface area (Å²) >= 11 is 5.92. The zero-order valence-electron chi connectivity index (χ0n) is 14.2. The van der Waals surface area contributed by atoms with Crippen LogP contribution < -0.4 is 14.4 Å². The molecular weight excluding hydrogens is 366 g/mol. The molecule has 134 valence electrons. The largest absolute Gasteiger partial charge is 0.493 e. The molecule has 2 rings (SSSR count). The highest BCUT2D eigenvalue weighted by atomic mass is 35.5. The maximum Gasteiger partial charge on any atom is 0.258 e. The number of benzene rings is 2. The lowest BCUT2D eigenvalue weighted by Crippen LogP contribution is -2.26. The van der Waals surface area contributed by atoms with Gasteiger partial charge in [0.25, 0.3) is 5.91 Å². The van der Waals surface area contributed by atoms with Crippen LogP contribution >= 0.6 is 11.6 Å². The van der Waals surface area contributed by atoms with Gasteiger partial charge in [-0.1, -0.05) is 11.6 Å². The van der Waals surface area contributed by atoms with Gasteiger partial charge >= 0.3 is 0 Å². The van der Waals surface area contributed by atoms with E-state index in [4.69, 9.17) is 21.1 Å². The molecule has 1 amide bonds. The van der Waals surface area contributed by atoms with Crippen molar-refractivity contribution in [2.75, 3.05) is 32.4 Å². The first-order chi connectivity index (χ1) is 11.7. The van der Waals surface area contributed by atoms with Gasteiger partial charge in [-0.3, -0.25) is 4.79 Å². The summed E-state index contributed by atoms with van der Waals surface area (Å²) in [5.41, 5.74) is 0.778. The van der Waals surface area contributed by atoms with Gasteiger partial charge in [0.1, 0.15) is 0 Å². The summed E-state index contributed by atoms with van der Waals surface area (Å²) in [7, 11) is 1.06. The Labute approximate surface area is 151 Å². The first-order valence-corrected chi connectivity index (χ1v) is 9.45. The van der Waals surface area contributed by atoms with E-state index in [1.165, 1.54) is 37.3 Å². The monoisotopic (exact) mass is 383 g/mol. The van der Waals surface area contributed by atoms with Gasteiger partial charge in [0.05, 0.1) is 24.1 Å². The number of sulfone groups is 1. The van der Waals surface area contributed by atoms with Crippen LogP contribution in [0.4, 0.5) is 5.69 Å². The van der Waals surface area contributed by atoms with Crippen molar-refractivity contribution in [3.05, 3.63) is 47.0 Å². The number of methoxy groups -OCH3 is 2. The smallest absolute Gasteiger partial charge is 0.258 e. The predicted molar refractivity (Wildman–Crippen MR) is 96.8 cm³/mol. The van der Waals surface area contributed by atoms with E-state index in [0.717, 1.165) is 6.26 Å². The summed E-state index contributed by atoms with van der Waals surface area (Å²) in [5.74, 6) is 0.638. The highest BCUT2D eigenvalue weighted by Crippen LogP contribution is 2.32. The Morgan fingerprint density at radius 1 is 1.04 bits per heavy atom. The molecule has 0 N–H and O–H groups in total. The summed E-state index contributed by atoms with van der Waals surface area (Å²) in [4.78, 5) is 14.0. The third-order valence-corrected chi connectivity index (χ3v) is 5.22. The normalized spacial score (nSPS) is 11.1. The number of nitrogens with zero attached hydrogens (tertiary/aromatic N) is 1. The highest BCUT2D eigenvalue weighted by molar-refractivity contribution is 7.90. The highest BCUT2D eigenvalue weighted by Gasteiger charge is 2.19. The van der Waals surface area contributed by atoms with Crippen molar-refractivity contribution < 1.29 is 22.7 Å². The average molecular weight is 384 g/mol. The van der Waals surface area contributed by atoms with E-state index in [2.05, 4.69) is 0 Å². The second kappa shape index (κ2) is 7.33. The van der Waals surface area contributed by atoms with Gasteiger partial charge in [-0.2, -0.15) is 0 Å².